The Kier molecular flexibility index (Phi) is 7.73. The van der Waals surface area contributed by atoms with Crippen LogP contribution in [0.2, 0.25) is 0 Å². The first-order valence-corrected chi connectivity index (χ1v) is 8.56. The maximum Gasteiger partial charge on any atom is 0.333 e. The van der Waals surface area contributed by atoms with Crippen molar-refractivity contribution >= 4 is 17.3 Å². The zero-order chi connectivity index (χ0) is 19.5. The van der Waals surface area contributed by atoms with Crippen molar-refractivity contribution in [1.29, 1.82) is 5.26 Å². The molecule has 0 aliphatic heterocycles. The summed E-state index contributed by atoms with van der Waals surface area (Å²) in [5, 5.41) is 17.1. The lowest BCUT2D eigenvalue weighted by atomic mass is 10.2. The highest BCUT2D eigenvalue weighted by atomic mass is 16.5. The van der Waals surface area contributed by atoms with Crippen LogP contribution in [0.5, 0.6) is 5.75 Å². The number of rotatable bonds is 9. The van der Waals surface area contributed by atoms with Crippen molar-refractivity contribution in [3.8, 4) is 11.8 Å². The molecule has 0 aromatic heterocycles. The largest absolute Gasteiger partial charge is 0.494 e. The van der Waals surface area contributed by atoms with Crippen LogP contribution in [0.1, 0.15) is 25.3 Å². The molecule has 0 fully saturated rings. The van der Waals surface area contributed by atoms with Crippen LogP contribution in [-0.2, 0) is 9.53 Å². The number of unbranched alkanes of at least 4 members (excludes halogenated alkanes) is 1. The number of carbonyl (C=O) groups excluding carboxylic acids is 1. The van der Waals surface area contributed by atoms with Crippen LogP contribution in [0, 0.1) is 11.3 Å². The van der Waals surface area contributed by atoms with Crippen LogP contribution in [0.4, 0.5) is 11.4 Å². The molecule has 0 saturated heterocycles. The molecule has 138 valence electrons. The number of azo groups is 1. The predicted octanol–water partition coefficient (Wildman–Crippen LogP) is 5.25. The van der Waals surface area contributed by atoms with Gasteiger partial charge in [0.2, 0.25) is 0 Å². The highest BCUT2D eigenvalue weighted by molar-refractivity contribution is 5.86. The molecular formula is C21H21N3O3. The minimum atomic E-state index is -0.360. The van der Waals surface area contributed by atoms with Crippen LogP contribution in [0.25, 0.3) is 0 Å². The van der Waals surface area contributed by atoms with E-state index in [2.05, 4.69) is 22.9 Å². The van der Waals surface area contributed by atoms with Gasteiger partial charge in [0, 0.05) is 5.57 Å². The van der Waals surface area contributed by atoms with Crippen LogP contribution in [-0.4, -0.2) is 19.2 Å². The van der Waals surface area contributed by atoms with E-state index < -0.39 is 0 Å². The van der Waals surface area contributed by atoms with Crippen molar-refractivity contribution in [2.45, 2.75) is 19.8 Å². The number of benzene rings is 2. The summed E-state index contributed by atoms with van der Waals surface area (Å²) < 4.78 is 10.7. The van der Waals surface area contributed by atoms with Gasteiger partial charge in [0.05, 0.1) is 36.2 Å². The molecule has 2 rings (SSSR count). The van der Waals surface area contributed by atoms with Crippen molar-refractivity contribution in [2.24, 2.45) is 10.2 Å². The quantitative estimate of drug-likeness (QED) is 0.263. The van der Waals surface area contributed by atoms with Gasteiger partial charge < -0.3 is 9.47 Å². The highest BCUT2D eigenvalue weighted by Gasteiger charge is 2.02. The highest BCUT2D eigenvalue weighted by Crippen LogP contribution is 2.21. The van der Waals surface area contributed by atoms with Crippen LogP contribution >= 0.6 is 0 Å². The number of carbonyl (C=O) groups is 1. The SMILES string of the molecule is C=C(C)C(=O)OCCCCOc1ccc(N=Nc2ccc(C#N)cc2)cc1. The van der Waals surface area contributed by atoms with E-state index in [4.69, 9.17) is 14.7 Å². The van der Waals surface area contributed by atoms with Crippen molar-refractivity contribution in [3.63, 3.8) is 0 Å². The average Bonchev–Trinajstić information content (AvgIpc) is 2.70. The normalized spacial score (nSPS) is 10.4. The van der Waals surface area contributed by atoms with Gasteiger partial charge in [-0.1, -0.05) is 6.58 Å². The second-order valence-corrected chi connectivity index (χ2v) is 5.82. The second kappa shape index (κ2) is 10.5. The number of hydrogen-bond acceptors (Lipinski definition) is 6. The maximum absolute atomic E-state index is 11.2. The number of nitriles is 1. The summed E-state index contributed by atoms with van der Waals surface area (Å²) in [5.41, 5.74) is 2.38. The van der Waals surface area contributed by atoms with Gasteiger partial charge in [-0.05, 0) is 68.3 Å². The van der Waals surface area contributed by atoms with Crippen molar-refractivity contribution in [2.75, 3.05) is 13.2 Å². The Labute approximate surface area is 158 Å². The first kappa shape index (κ1) is 19.9. The summed E-state index contributed by atoms with van der Waals surface area (Å²) in [6, 6.07) is 16.2. The average molecular weight is 363 g/mol. The van der Waals surface area contributed by atoms with E-state index in [1.165, 1.54) is 0 Å². The molecule has 27 heavy (non-hydrogen) atoms. The van der Waals surface area contributed by atoms with Gasteiger partial charge in [-0.25, -0.2) is 4.79 Å². The monoisotopic (exact) mass is 363 g/mol. The molecule has 0 amide bonds. The van der Waals surface area contributed by atoms with E-state index in [-0.39, 0.29) is 5.97 Å². The molecule has 0 bridgehead atoms. The molecule has 0 N–H and O–H groups in total. The van der Waals surface area contributed by atoms with Gasteiger partial charge in [0.15, 0.2) is 0 Å². The first-order valence-electron chi connectivity index (χ1n) is 8.56. The first-order chi connectivity index (χ1) is 13.1. The third-order valence-corrected chi connectivity index (χ3v) is 3.50. The number of ether oxygens (including phenoxy) is 2. The summed E-state index contributed by atoms with van der Waals surface area (Å²) in [6.07, 6.45) is 1.51. The fraction of sp³-hybridized carbons (Fsp3) is 0.238. The fourth-order valence-electron chi connectivity index (χ4n) is 2.01. The summed E-state index contributed by atoms with van der Waals surface area (Å²) in [6.45, 7) is 6.06. The summed E-state index contributed by atoms with van der Waals surface area (Å²) in [7, 11) is 0. The molecular weight excluding hydrogens is 342 g/mol. The molecule has 0 aliphatic carbocycles. The Morgan fingerprint density at radius 1 is 1.00 bits per heavy atom. The van der Waals surface area contributed by atoms with E-state index in [0.717, 1.165) is 18.6 Å². The van der Waals surface area contributed by atoms with Gasteiger partial charge in [-0.15, -0.1) is 0 Å². The minimum Gasteiger partial charge on any atom is -0.494 e. The zero-order valence-electron chi connectivity index (χ0n) is 15.2. The predicted molar refractivity (Wildman–Crippen MR) is 102 cm³/mol. The topological polar surface area (TPSA) is 84.0 Å². The smallest absolute Gasteiger partial charge is 0.333 e. The molecule has 0 aliphatic rings. The van der Waals surface area contributed by atoms with E-state index in [1.807, 2.05) is 24.3 Å². The van der Waals surface area contributed by atoms with Crippen molar-refractivity contribution < 1.29 is 14.3 Å². The number of esters is 1. The Morgan fingerprint density at radius 3 is 2.11 bits per heavy atom. The number of hydrogen-bond donors (Lipinski definition) is 0. The third-order valence-electron chi connectivity index (χ3n) is 3.50. The van der Waals surface area contributed by atoms with E-state index in [1.54, 1.807) is 31.2 Å². The Morgan fingerprint density at radius 2 is 1.56 bits per heavy atom. The number of nitrogens with zero attached hydrogens (tertiary/aromatic N) is 3. The third kappa shape index (κ3) is 7.12. The summed E-state index contributed by atoms with van der Waals surface area (Å²) >= 11 is 0. The molecule has 6 nitrogen and oxygen atoms in total. The van der Waals surface area contributed by atoms with Crippen molar-refractivity contribution in [3.05, 3.63) is 66.2 Å². The zero-order valence-corrected chi connectivity index (χ0v) is 15.2. The van der Waals surface area contributed by atoms with Crippen LogP contribution in [0.15, 0.2) is 70.9 Å². The lowest BCUT2D eigenvalue weighted by Crippen LogP contribution is -2.07. The van der Waals surface area contributed by atoms with E-state index >= 15 is 0 Å². The van der Waals surface area contributed by atoms with Gasteiger partial charge >= 0.3 is 5.97 Å². The Bertz CT molecular complexity index is 834. The molecule has 0 radical (unpaired) electrons. The minimum absolute atomic E-state index is 0.360. The van der Waals surface area contributed by atoms with Gasteiger partial charge in [-0.3, -0.25) is 0 Å². The molecule has 6 heteroatoms. The fourth-order valence-corrected chi connectivity index (χ4v) is 2.01. The van der Waals surface area contributed by atoms with E-state index in [0.29, 0.717) is 35.7 Å². The van der Waals surface area contributed by atoms with Crippen LogP contribution in [0.3, 0.4) is 0 Å². The Hall–Kier alpha value is -3.46. The molecule has 0 unspecified atom stereocenters. The van der Waals surface area contributed by atoms with Gasteiger partial charge in [0.1, 0.15) is 5.75 Å². The maximum atomic E-state index is 11.2. The molecule has 0 spiro atoms. The lowest BCUT2D eigenvalue weighted by molar-refractivity contribution is -0.139. The van der Waals surface area contributed by atoms with Crippen LogP contribution < -0.4 is 4.74 Å². The van der Waals surface area contributed by atoms with Gasteiger partial charge in [-0.2, -0.15) is 15.5 Å². The Balaban J connectivity index is 1.71. The molecule has 0 saturated carbocycles. The molecule has 0 atom stereocenters. The van der Waals surface area contributed by atoms with E-state index in [9.17, 15) is 4.79 Å². The second-order valence-electron chi connectivity index (χ2n) is 5.82. The lowest BCUT2D eigenvalue weighted by Gasteiger charge is -2.07. The molecule has 2 aromatic carbocycles. The summed E-state index contributed by atoms with van der Waals surface area (Å²) in [4.78, 5) is 11.2. The molecule has 0 heterocycles. The van der Waals surface area contributed by atoms with Crippen molar-refractivity contribution in [1.82, 2.24) is 0 Å². The van der Waals surface area contributed by atoms with Gasteiger partial charge in [0.25, 0.3) is 0 Å². The molecule has 2 aromatic rings. The standard InChI is InChI=1S/C21H21N3O3/c1-16(2)21(25)27-14-4-3-13-26-20-11-9-19(10-12-20)24-23-18-7-5-17(15-22)6-8-18/h5-12H,1,3-4,13-14H2,2H3. The summed E-state index contributed by atoms with van der Waals surface area (Å²) in [5.74, 6) is 0.382.